The van der Waals surface area contributed by atoms with Crippen LogP contribution >= 0.6 is 0 Å². The minimum absolute atomic E-state index is 0.0801. The summed E-state index contributed by atoms with van der Waals surface area (Å²) in [6.45, 7) is 5.30. The number of carbonyl (C=O) groups is 1. The van der Waals surface area contributed by atoms with E-state index in [2.05, 4.69) is 0 Å². The predicted octanol–water partition coefficient (Wildman–Crippen LogP) is 3.98. The van der Waals surface area contributed by atoms with Crippen LogP contribution in [0.2, 0.25) is 0 Å². The Kier molecular flexibility index (Phi) is 4.35. The maximum Gasteiger partial charge on any atom is 0.410 e. The number of hydrogen-bond acceptors (Lipinski definition) is 2. The molecular formula is C15H17F4NO2. The largest absolute Gasteiger partial charge is 0.444 e. The predicted molar refractivity (Wildman–Crippen MR) is 71.5 cm³/mol. The lowest BCUT2D eigenvalue weighted by Crippen LogP contribution is -2.52. The molecule has 0 aromatic heterocycles. The van der Waals surface area contributed by atoms with E-state index in [4.69, 9.17) is 4.74 Å². The first-order valence-electron chi connectivity index (χ1n) is 6.85. The first-order valence-corrected chi connectivity index (χ1v) is 6.85. The molecule has 22 heavy (non-hydrogen) atoms. The van der Waals surface area contributed by atoms with Gasteiger partial charge in [0.15, 0.2) is 17.5 Å². The maximum atomic E-state index is 14.2. The maximum absolute atomic E-state index is 14.2. The second-order valence-corrected chi connectivity index (χ2v) is 6.35. The first kappa shape index (κ1) is 16.6. The minimum atomic E-state index is -1.68. The van der Waals surface area contributed by atoms with Gasteiger partial charge in [-0.25, -0.2) is 22.4 Å². The fraction of sp³-hybridized carbons (Fsp3) is 0.533. The Morgan fingerprint density at radius 2 is 1.73 bits per heavy atom. The Morgan fingerprint density at radius 3 is 2.18 bits per heavy atom. The molecule has 0 N–H and O–H groups in total. The Balaban J connectivity index is 1.97. The van der Waals surface area contributed by atoms with E-state index in [1.54, 1.807) is 20.8 Å². The van der Waals surface area contributed by atoms with Crippen LogP contribution in [0.4, 0.5) is 22.4 Å². The molecule has 1 aromatic rings. The zero-order valence-corrected chi connectivity index (χ0v) is 12.5. The van der Waals surface area contributed by atoms with Crippen molar-refractivity contribution in [3.8, 4) is 0 Å². The van der Waals surface area contributed by atoms with Crippen molar-refractivity contribution in [2.24, 2.45) is 5.92 Å². The molecule has 3 nitrogen and oxygen atoms in total. The van der Waals surface area contributed by atoms with Gasteiger partial charge in [0.05, 0.1) is 0 Å². The summed E-state index contributed by atoms with van der Waals surface area (Å²) in [6, 6.07) is 1.28. The average molecular weight is 319 g/mol. The van der Waals surface area contributed by atoms with Gasteiger partial charge in [-0.3, -0.25) is 0 Å². The molecule has 1 amide bonds. The summed E-state index contributed by atoms with van der Waals surface area (Å²) in [5.41, 5.74) is -0.925. The molecular weight excluding hydrogens is 302 g/mol. The summed E-state index contributed by atoms with van der Waals surface area (Å²) in [7, 11) is 0. The number of alkyl halides is 1. The van der Waals surface area contributed by atoms with Crippen LogP contribution < -0.4 is 0 Å². The third kappa shape index (κ3) is 3.51. The molecule has 1 unspecified atom stereocenters. The minimum Gasteiger partial charge on any atom is -0.444 e. The van der Waals surface area contributed by atoms with Crippen molar-refractivity contribution in [1.82, 2.24) is 4.90 Å². The molecule has 0 saturated carbocycles. The number of ether oxygens (including phenoxy) is 1. The normalized spacial score (nSPS) is 17.1. The van der Waals surface area contributed by atoms with Crippen molar-refractivity contribution >= 4 is 6.09 Å². The molecule has 1 aromatic carbocycles. The van der Waals surface area contributed by atoms with Crippen LogP contribution in [0.3, 0.4) is 0 Å². The van der Waals surface area contributed by atoms with Crippen LogP contribution in [0.25, 0.3) is 0 Å². The summed E-state index contributed by atoms with van der Waals surface area (Å²) >= 11 is 0. The van der Waals surface area contributed by atoms with Gasteiger partial charge < -0.3 is 9.64 Å². The van der Waals surface area contributed by atoms with Gasteiger partial charge in [0, 0.05) is 19.0 Å². The first-order chi connectivity index (χ1) is 10.1. The van der Waals surface area contributed by atoms with Crippen molar-refractivity contribution in [3.05, 3.63) is 35.1 Å². The SMILES string of the molecule is CC(C)(C)OC(=O)N1CC(C(F)c2cc(F)c(F)c(F)c2)C1. The number of halogens is 4. The highest BCUT2D eigenvalue weighted by atomic mass is 19.2. The number of carbonyl (C=O) groups excluding carboxylic acids is 1. The molecule has 1 aliphatic heterocycles. The lowest BCUT2D eigenvalue weighted by molar-refractivity contribution is -0.0155. The van der Waals surface area contributed by atoms with E-state index >= 15 is 0 Å². The Morgan fingerprint density at radius 1 is 1.23 bits per heavy atom. The fourth-order valence-electron chi connectivity index (χ4n) is 2.18. The van der Waals surface area contributed by atoms with Crippen LogP contribution in [0.15, 0.2) is 12.1 Å². The molecule has 0 spiro atoms. The van der Waals surface area contributed by atoms with Crippen LogP contribution in [-0.4, -0.2) is 29.7 Å². The standard InChI is InChI=1S/C15H17F4NO2/c1-15(2,3)22-14(21)20-6-9(7-20)12(18)8-4-10(16)13(19)11(17)5-8/h4-5,9,12H,6-7H2,1-3H3. The van der Waals surface area contributed by atoms with E-state index < -0.39 is 41.2 Å². The van der Waals surface area contributed by atoms with Crippen LogP contribution in [0.1, 0.15) is 32.5 Å². The zero-order chi connectivity index (χ0) is 16.7. The highest BCUT2D eigenvalue weighted by molar-refractivity contribution is 5.69. The molecule has 0 aliphatic carbocycles. The second-order valence-electron chi connectivity index (χ2n) is 6.35. The number of hydrogen-bond donors (Lipinski definition) is 0. The molecule has 1 fully saturated rings. The van der Waals surface area contributed by atoms with Gasteiger partial charge in [-0.2, -0.15) is 0 Å². The van der Waals surface area contributed by atoms with Gasteiger partial charge in [-0.1, -0.05) is 0 Å². The topological polar surface area (TPSA) is 29.5 Å². The molecule has 0 radical (unpaired) electrons. The number of rotatable bonds is 2. The van der Waals surface area contributed by atoms with Crippen molar-refractivity contribution in [2.45, 2.75) is 32.5 Å². The monoisotopic (exact) mass is 319 g/mol. The number of amides is 1. The Bertz CT molecular complexity index is 556. The summed E-state index contributed by atoms with van der Waals surface area (Å²) in [5, 5.41) is 0. The lowest BCUT2D eigenvalue weighted by atomic mass is 9.90. The average Bonchev–Trinajstić information content (AvgIpc) is 2.30. The van der Waals surface area contributed by atoms with E-state index in [0.717, 1.165) is 0 Å². The highest BCUT2D eigenvalue weighted by Gasteiger charge is 2.39. The summed E-state index contributed by atoms with van der Waals surface area (Å²) in [6.07, 6.45) is -2.24. The van der Waals surface area contributed by atoms with Crippen LogP contribution in [0, 0.1) is 23.4 Å². The smallest absolute Gasteiger partial charge is 0.410 e. The molecule has 1 aliphatic rings. The van der Waals surface area contributed by atoms with Crippen molar-refractivity contribution < 1.29 is 27.1 Å². The van der Waals surface area contributed by atoms with Gasteiger partial charge in [0.1, 0.15) is 11.8 Å². The molecule has 1 heterocycles. The number of nitrogens with zero attached hydrogens (tertiary/aromatic N) is 1. The van der Waals surface area contributed by atoms with Gasteiger partial charge in [-0.15, -0.1) is 0 Å². The second kappa shape index (κ2) is 5.78. The van der Waals surface area contributed by atoms with Crippen LogP contribution in [-0.2, 0) is 4.74 Å². The van der Waals surface area contributed by atoms with Gasteiger partial charge in [0.25, 0.3) is 0 Å². The van der Waals surface area contributed by atoms with E-state index in [1.807, 2.05) is 0 Å². The molecule has 122 valence electrons. The van der Waals surface area contributed by atoms with Gasteiger partial charge in [-0.05, 0) is 38.5 Å². The van der Waals surface area contributed by atoms with Crippen molar-refractivity contribution in [1.29, 1.82) is 0 Å². The molecule has 1 atom stereocenters. The highest BCUT2D eigenvalue weighted by Crippen LogP contribution is 2.35. The van der Waals surface area contributed by atoms with Crippen LogP contribution in [0.5, 0.6) is 0 Å². The molecule has 2 rings (SSSR count). The molecule has 0 bridgehead atoms. The third-order valence-electron chi connectivity index (χ3n) is 3.30. The van der Waals surface area contributed by atoms with Gasteiger partial charge >= 0.3 is 6.09 Å². The summed E-state index contributed by atoms with van der Waals surface area (Å²) < 4.78 is 58.4. The quantitative estimate of drug-likeness (QED) is 0.609. The Hall–Kier alpha value is -1.79. The van der Waals surface area contributed by atoms with E-state index in [0.29, 0.717) is 12.1 Å². The van der Waals surface area contributed by atoms with E-state index in [-0.39, 0.29) is 18.7 Å². The van der Waals surface area contributed by atoms with Gasteiger partial charge in [0.2, 0.25) is 0 Å². The van der Waals surface area contributed by atoms with E-state index in [9.17, 15) is 22.4 Å². The van der Waals surface area contributed by atoms with Crippen molar-refractivity contribution in [2.75, 3.05) is 13.1 Å². The molecule has 1 saturated heterocycles. The number of likely N-dealkylation sites (tertiary alicyclic amines) is 1. The summed E-state index contributed by atoms with van der Waals surface area (Å²) in [4.78, 5) is 13.0. The summed E-state index contributed by atoms with van der Waals surface area (Å²) in [5.74, 6) is -5.08. The number of benzene rings is 1. The zero-order valence-electron chi connectivity index (χ0n) is 12.5. The van der Waals surface area contributed by atoms with Crippen molar-refractivity contribution in [3.63, 3.8) is 0 Å². The molecule has 7 heteroatoms. The third-order valence-corrected chi connectivity index (χ3v) is 3.30. The van der Waals surface area contributed by atoms with E-state index in [1.165, 1.54) is 4.90 Å². The fourth-order valence-corrected chi connectivity index (χ4v) is 2.18. The lowest BCUT2D eigenvalue weighted by Gasteiger charge is -2.41. The Labute approximate surface area is 125 Å².